The number of hydrogen-bond donors (Lipinski definition) is 1. The fourth-order valence-corrected chi connectivity index (χ4v) is 3.27. The van der Waals surface area contributed by atoms with Gasteiger partial charge in [0.15, 0.2) is 0 Å². The Morgan fingerprint density at radius 2 is 1.79 bits per heavy atom. The van der Waals surface area contributed by atoms with E-state index in [0.717, 1.165) is 10.1 Å². The number of amides is 1. The average molecular weight is 389 g/mol. The van der Waals surface area contributed by atoms with Crippen molar-refractivity contribution < 1.29 is 4.79 Å². The molecule has 4 rings (SSSR count). The second-order valence-corrected chi connectivity index (χ2v) is 6.76. The van der Waals surface area contributed by atoms with Crippen molar-refractivity contribution in [3.63, 3.8) is 0 Å². The van der Waals surface area contributed by atoms with E-state index in [1.54, 1.807) is 13.1 Å². The second-order valence-electron chi connectivity index (χ2n) is 6.76. The predicted octanol–water partition coefficient (Wildman–Crippen LogP) is 1.73. The summed E-state index contributed by atoms with van der Waals surface area (Å²) in [6.07, 6.45) is 3.27. The molecule has 0 bridgehead atoms. The largest absolute Gasteiger partial charge is 0.339 e. The highest BCUT2D eigenvalue weighted by Crippen LogP contribution is 2.14. The van der Waals surface area contributed by atoms with Crippen LogP contribution in [0.1, 0.15) is 16.1 Å². The summed E-state index contributed by atoms with van der Waals surface area (Å²) >= 11 is 0. The van der Waals surface area contributed by atoms with Crippen molar-refractivity contribution >= 4 is 22.6 Å². The monoisotopic (exact) mass is 389 g/mol. The van der Waals surface area contributed by atoms with Crippen LogP contribution in [0, 0.1) is 0 Å². The van der Waals surface area contributed by atoms with Crippen LogP contribution in [0.25, 0.3) is 11.0 Å². The zero-order valence-electron chi connectivity index (χ0n) is 16.0. The Morgan fingerprint density at radius 1 is 1.03 bits per heavy atom. The zero-order valence-corrected chi connectivity index (χ0v) is 16.0. The normalized spacial score (nSPS) is 11.0. The first-order valence-electron chi connectivity index (χ1n) is 9.02. The summed E-state index contributed by atoms with van der Waals surface area (Å²) in [7, 11) is 2.96. The van der Waals surface area contributed by atoms with Crippen molar-refractivity contribution in [2.24, 2.45) is 14.1 Å². The smallest absolute Gasteiger partial charge is 0.332 e. The van der Waals surface area contributed by atoms with Crippen molar-refractivity contribution in [1.29, 1.82) is 0 Å². The Labute approximate surface area is 165 Å². The van der Waals surface area contributed by atoms with Crippen LogP contribution in [-0.2, 0) is 20.6 Å². The number of aryl methyl sites for hydroxylation is 1. The summed E-state index contributed by atoms with van der Waals surface area (Å²) in [5, 5.41) is 3.04. The highest BCUT2D eigenvalue weighted by Gasteiger charge is 2.14. The summed E-state index contributed by atoms with van der Waals surface area (Å²) in [5.41, 5.74) is 1.30. The quantitative estimate of drug-likeness (QED) is 0.576. The third kappa shape index (κ3) is 3.36. The molecule has 0 fully saturated rings. The number of anilines is 1. The summed E-state index contributed by atoms with van der Waals surface area (Å²) < 4.78 is 4.16. The topological polar surface area (TPSA) is 90.9 Å². The highest BCUT2D eigenvalue weighted by atomic mass is 16.2. The fourth-order valence-electron chi connectivity index (χ4n) is 3.27. The van der Waals surface area contributed by atoms with Crippen LogP contribution >= 0.6 is 0 Å². The molecular formula is C21H19N5O3. The maximum absolute atomic E-state index is 12.8. The van der Waals surface area contributed by atoms with E-state index in [2.05, 4.69) is 10.3 Å². The molecule has 0 aliphatic heterocycles. The summed E-state index contributed by atoms with van der Waals surface area (Å²) in [5.74, 6) is -0.311. The lowest BCUT2D eigenvalue weighted by Crippen LogP contribution is -2.37. The molecule has 1 amide bonds. The van der Waals surface area contributed by atoms with Crippen LogP contribution < -0.4 is 16.6 Å². The van der Waals surface area contributed by atoms with Crippen LogP contribution in [0.15, 0.2) is 70.5 Å². The molecule has 3 heterocycles. The van der Waals surface area contributed by atoms with Gasteiger partial charge < -0.3 is 9.88 Å². The summed E-state index contributed by atoms with van der Waals surface area (Å²) in [4.78, 5) is 41.4. The van der Waals surface area contributed by atoms with Gasteiger partial charge in [-0.2, -0.15) is 0 Å². The number of carbonyl (C=O) groups is 1. The molecule has 0 atom stereocenters. The Bertz CT molecular complexity index is 1330. The lowest BCUT2D eigenvalue weighted by atomic mass is 10.2. The molecule has 0 aliphatic rings. The van der Waals surface area contributed by atoms with E-state index in [1.807, 2.05) is 47.2 Å². The van der Waals surface area contributed by atoms with Crippen LogP contribution in [0.4, 0.5) is 5.69 Å². The summed E-state index contributed by atoms with van der Waals surface area (Å²) in [6.45, 7) is 0.565. The first-order chi connectivity index (χ1) is 14.0. The van der Waals surface area contributed by atoms with E-state index in [1.165, 1.54) is 23.9 Å². The Balaban J connectivity index is 1.65. The molecule has 0 aliphatic carbocycles. The van der Waals surface area contributed by atoms with Crippen molar-refractivity contribution in [1.82, 2.24) is 18.7 Å². The average Bonchev–Trinajstić information content (AvgIpc) is 3.19. The Morgan fingerprint density at radius 3 is 2.55 bits per heavy atom. The van der Waals surface area contributed by atoms with Crippen LogP contribution in [0.2, 0.25) is 0 Å². The minimum absolute atomic E-state index is 0.257. The van der Waals surface area contributed by atoms with E-state index in [9.17, 15) is 14.4 Å². The molecule has 3 aromatic heterocycles. The number of benzene rings is 1. The molecule has 0 saturated heterocycles. The number of pyridine rings is 1. The number of hydrogen-bond acceptors (Lipinski definition) is 4. The molecule has 29 heavy (non-hydrogen) atoms. The lowest BCUT2D eigenvalue weighted by Gasteiger charge is -2.11. The number of rotatable bonds is 4. The minimum atomic E-state index is -0.459. The summed E-state index contributed by atoms with van der Waals surface area (Å²) in [6, 6.07) is 14.9. The standard InChI is InChI=1S/C21H19N5O3/c1-24-18-16(20(28)25(2)21(24)29)11-15(12-22-18)23-19(27)17-9-6-10-26(17)13-14-7-4-3-5-8-14/h3-12H,13H2,1-2H3,(H,23,27). The second kappa shape index (κ2) is 7.23. The molecule has 0 saturated carbocycles. The molecule has 0 spiro atoms. The molecule has 0 unspecified atom stereocenters. The molecular weight excluding hydrogens is 370 g/mol. The van der Waals surface area contributed by atoms with E-state index in [0.29, 0.717) is 17.9 Å². The van der Waals surface area contributed by atoms with E-state index < -0.39 is 11.2 Å². The number of fused-ring (bicyclic) bond motifs is 1. The third-order valence-electron chi connectivity index (χ3n) is 4.81. The van der Waals surface area contributed by atoms with Crippen LogP contribution in [0.3, 0.4) is 0 Å². The lowest BCUT2D eigenvalue weighted by molar-refractivity contribution is 0.101. The van der Waals surface area contributed by atoms with Gasteiger partial charge in [-0.25, -0.2) is 9.78 Å². The molecule has 1 aromatic carbocycles. The van der Waals surface area contributed by atoms with Crippen LogP contribution in [-0.4, -0.2) is 24.6 Å². The van der Waals surface area contributed by atoms with E-state index in [4.69, 9.17) is 0 Å². The SMILES string of the molecule is Cn1c(=O)c2cc(NC(=O)c3cccn3Cc3ccccc3)cnc2n(C)c1=O. The van der Waals surface area contributed by atoms with Crippen molar-refractivity contribution in [3.05, 3.63) is 93.0 Å². The first-order valence-corrected chi connectivity index (χ1v) is 9.02. The van der Waals surface area contributed by atoms with Gasteiger partial charge in [0.1, 0.15) is 11.3 Å². The molecule has 146 valence electrons. The van der Waals surface area contributed by atoms with Crippen molar-refractivity contribution in [2.45, 2.75) is 6.54 Å². The third-order valence-corrected chi connectivity index (χ3v) is 4.81. The maximum Gasteiger partial charge on any atom is 0.332 e. The van der Waals surface area contributed by atoms with Gasteiger partial charge in [-0.1, -0.05) is 30.3 Å². The maximum atomic E-state index is 12.8. The molecule has 4 aromatic rings. The van der Waals surface area contributed by atoms with Gasteiger partial charge in [-0.15, -0.1) is 0 Å². The number of nitrogens with one attached hydrogen (secondary N) is 1. The predicted molar refractivity (Wildman–Crippen MR) is 110 cm³/mol. The van der Waals surface area contributed by atoms with E-state index >= 15 is 0 Å². The van der Waals surface area contributed by atoms with Gasteiger partial charge in [0.25, 0.3) is 11.5 Å². The zero-order chi connectivity index (χ0) is 20.5. The number of nitrogens with zero attached hydrogens (tertiary/aromatic N) is 4. The van der Waals surface area contributed by atoms with E-state index in [-0.39, 0.29) is 16.9 Å². The van der Waals surface area contributed by atoms with Gasteiger partial charge in [-0.3, -0.25) is 18.7 Å². The van der Waals surface area contributed by atoms with Gasteiger partial charge in [0, 0.05) is 26.8 Å². The molecule has 8 heteroatoms. The Hall–Kier alpha value is -3.94. The molecule has 1 N–H and O–H groups in total. The number of aromatic nitrogens is 4. The van der Waals surface area contributed by atoms with Crippen molar-refractivity contribution in [2.75, 3.05) is 5.32 Å². The molecule has 0 radical (unpaired) electrons. The van der Waals surface area contributed by atoms with Gasteiger partial charge in [0.05, 0.1) is 17.3 Å². The first kappa shape index (κ1) is 18.4. The van der Waals surface area contributed by atoms with Gasteiger partial charge in [-0.05, 0) is 23.8 Å². The van der Waals surface area contributed by atoms with Crippen molar-refractivity contribution in [3.8, 4) is 0 Å². The highest BCUT2D eigenvalue weighted by molar-refractivity contribution is 6.03. The molecule has 8 nitrogen and oxygen atoms in total. The Kier molecular flexibility index (Phi) is 4.59. The van der Waals surface area contributed by atoms with Gasteiger partial charge >= 0.3 is 5.69 Å². The minimum Gasteiger partial charge on any atom is -0.339 e. The fraction of sp³-hybridized carbons (Fsp3) is 0.143. The number of carbonyl (C=O) groups excluding carboxylic acids is 1. The van der Waals surface area contributed by atoms with Crippen LogP contribution in [0.5, 0.6) is 0 Å². The van der Waals surface area contributed by atoms with Gasteiger partial charge in [0.2, 0.25) is 0 Å².